The highest BCUT2D eigenvalue weighted by Gasteiger charge is 2.45. The highest BCUT2D eigenvalue weighted by molar-refractivity contribution is 9.10. The molecule has 3 heteroatoms. The van der Waals surface area contributed by atoms with E-state index in [2.05, 4.69) is 41.1 Å². The Hall–Kier alpha value is -0.380. The SMILES string of the molecule is Cc1c(Br)cccc1C1(CON)CC1. The third kappa shape index (κ3) is 1.60. The maximum absolute atomic E-state index is 5.17. The van der Waals surface area contributed by atoms with Crippen molar-refractivity contribution in [2.75, 3.05) is 6.61 Å². The van der Waals surface area contributed by atoms with Gasteiger partial charge < -0.3 is 4.84 Å². The molecule has 1 aromatic carbocycles. The molecule has 1 aliphatic rings. The lowest BCUT2D eigenvalue weighted by molar-refractivity contribution is 0.116. The molecule has 1 aliphatic carbocycles. The van der Waals surface area contributed by atoms with E-state index in [0.717, 1.165) is 0 Å². The van der Waals surface area contributed by atoms with Crippen molar-refractivity contribution in [3.63, 3.8) is 0 Å². The Balaban J connectivity index is 2.37. The number of benzene rings is 1. The highest BCUT2D eigenvalue weighted by Crippen LogP contribution is 2.50. The zero-order valence-electron chi connectivity index (χ0n) is 8.22. The standard InChI is InChI=1S/C11H14BrNO/c1-8-9(3-2-4-10(8)12)11(5-6-11)7-14-13/h2-4H,5-7,13H2,1H3. The molecule has 2 rings (SSSR count). The lowest BCUT2D eigenvalue weighted by Gasteiger charge is -2.17. The van der Waals surface area contributed by atoms with Gasteiger partial charge in [-0.3, -0.25) is 0 Å². The molecule has 1 fully saturated rings. The molecule has 2 nitrogen and oxygen atoms in total. The zero-order valence-corrected chi connectivity index (χ0v) is 9.80. The molecule has 14 heavy (non-hydrogen) atoms. The van der Waals surface area contributed by atoms with Gasteiger partial charge in [0.1, 0.15) is 0 Å². The number of nitrogens with two attached hydrogens (primary N) is 1. The van der Waals surface area contributed by atoms with E-state index in [9.17, 15) is 0 Å². The van der Waals surface area contributed by atoms with Gasteiger partial charge in [-0.2, -0.15) is 0 Å². The van der Waals surface area contributed by atoms with Crippen LogP contribution in [0.5, 0.6) is 0 Å². The molecule has 0 radical (unpaired) electrons. The molecule has 0 atom stereocenters. The second-order valence-corrected chi connectivity index (χ2v) is 4.86. The van der Waals surface area contributed by atoms with Crippen LogP contribution in [0, 0.1) is 6.92 Å². The van der Waals surface area contributed by atoms with Crippen molar-refractivity contribution in [2.24, 2.45) is 5.90 Å². The largest absolute Gasteiger partial charge is 0.304 e. The maximum Gasteiger partial charge on any atom is 0.0776 e. The first-order chi connectivity index (χ1) is 6.69. The molecule has 0 amide bonds. The van der Waals surface area contributed by atoms with Crippen LogP contribution in [0.4, 0.5) is 0 Å². The van der Waals surface area contributed by atoms with Crippen LogP contribution in [0.1, 0.15) is 24.0 Å². The summed E-state index contributed by atoms with van der Waals surface area (Å²) in [5.74, 6) is 5.17. The van der Waals surface area contributed by atoms with Crippen LogP contribution in [0.3, 0.4) is 0 Å². The van der Waals surface area contributed by atoms with Crippen molar-refractivity contribution in [1.29, 1.82) is 0 Å². The van der Waals surface area contributed by atoms with Crippen LogP contribution in [-0.2, 0) is 10.3 Å². The molecular weight excluding hydrogens is 242 g/mol. The first-order valence-electron chi connectivity index (χ1n) is 4.77. The van der Waals surface area contributed by atoms with Crippen LogP contribution >= 0.6 is 15.9 Å². The van der Waals surface area contributed by atoms with E-state index in [1.807, 2.05) is 0 Å². The van der Waals surface area contributed by atoms with Crippen molar-refractivity contribution in [3.05, 3.63) is 33.8 Å². The van der Waals surface area contributed by atoms with Gasteiger partial charge in [-0.1, -0.05) is 28.1 Å². The number of halogens is 1. The van der Waals surface area contributed by atoms with Crippen LogP contribution < -0.4 is 5.90 Å². The van der Waals surface area contributed by atoms with Crippen molar-refractivity contribution < 1.29 is 4.84 Å². The summed E-state index contributed by atoms with van der Waals surface area (Å²) in [6.45, 7) is 2.76. The molecule has 0 aromatic heterocycles. The second kappa shape index (κ2) is 3.65. The summed E-state index contributed by atoms with van der Waals surface area (Å²) in [4.78, 5) is 4.80. The van der Waals surface area contributed by atoms with E-state index in [4.69, 9.17) is 10.7 Å². The third-order valence-corrected chi connectivity index (χ3v) is 3.91. The van der Waals surface area contributed by atoms with Gasteiger partial charge in [0.25, 0.3) is 0 Å². The van der Waals surface area contributed by atoms with E-state index >= 15 is 0 Å². The smallest absolute Gasteiger partial charge is 0.0776 e. The number of hydrogen-bond acceptors (Lipinski definition) is 2. The monoisotopic (exact) mass is 255 g/mol. The minimum atomic E-state index is 0.197. The van der Waals surface area contributed by atoms with E-state index in [1.165, 1.54) is 28.4 Å². The second-order valence-electron chi connectivity index (χ2n) is 4.00. The fourth-order valence-corrected chi connectivity index (χ4v) is 2.35. The molecule has 0 aliphatic heterocycles. The number of hydrogen-bond donors (Lipinski definition) is 1. The average molecular weight is 256 g/mol. The molecule has 0 bridgehead atoms. The first kappa shape index (κ1) is 10.1. The fraction of sp³-hybridized carbons (Fsp3) is 0.455. The van der Waals surface area contributed by atoms with Crippen molar-refractivity contribution >= 4 is 15.9 Å². The molecule has 76 valence electrons. The predicted octanol–water partition coefficient (Wildman–Crippen LogP) is 2.68. The van der Waals surface area contributed by atoms with Gasteiger partial charge in [0.05, 0.1) is 6.61 Å². The van der Waals surface area contributed by atoms with Crippen LogP contribution in [0.2, 0.25) is 0 Å². The molecule has 0 spiro atoms. The third-order valence-electron chi connectivity index (χ3n) is 3.05. The van der Waals surface area contributed by atoms with Gasteiger partial charge >= 0.3 is 0 Å². The normalized spacial score (nSPS) is 18.2. The van der Waals surface area contributed by atoms with Crippen LogP contribution in [0.25, 0.3) is 0 Å². The summed E-state index contributed by atoms with van der Waals surface area (Å²) in [7, 11) is 0. The van der Waals surface area contributed by atoms with Crippen LogP contribution in [0.15, 0.2) is 22.7 Å². The van der Waals surface area contributed by atoms with Gasteiger partial charge in [-0.05, 0) is 37.0 Å². The summed E-state index contributed by atoms with van der Waals surface area (Å²) >= 11 is 3.55. The Kier molecular flexibility index (Phi) is 2.64. The van der Waals surface area contributed by atoms with Crippen molar-refractivity contribution in [1.82, 2.24) is 0 Å². The van der Waals surface area contributed by atoms with E-state index in [-0.39, 0.29) is 5.41 Å². The Bertz CT molecular complexity index is 347. The average Bonchev–Trinajstić information content (AvgIpc) is 2.91. The lowest BCUT2D eigenvalue weighted by Crippen LogP contribution is -2.19. The van der Waals surface area contributed by atoms with Gasteiger partial charge in [-0.25, -0.2) is 5.90 Å². The molecule has 1 aromatic rings. The summed E-state index contributed by atoms with van der Waals surface area (Å²) in [6.07, 6.45) is 2.36. The highest BCUT2D eigenvalue weighted by atomic mass is 79.9. The topological polar surface area (TPSA) is 35.2 Å². The fourth-order valence-electron chi connectivity index (χ4n) is 1.98. The Morgan fingerprint density at radius 2 is 2.21 bits per heavy atom. The Morgan fingerprint density at radius 3 is 2.79 bits per heavy atom. The summed E-state index contributed by atoms with van der Waals surface area (Å²) in [5, 5.41) is 0. The molecule has 1 saturated carbocycles. The molecular formula is C11H14BrNO. The summed E-state index contributed by atoms with van der Waals surface area (Å²) in [6, 6.07) is 6.31. The molecule has 0 unspecified atom stereocenters. The quantitative estimate of drug-likeness (QED) is 0.844. The Morgan fingerprint density at radius 1 is 1.50 bits per heavy atom. The summed E-state index contributed by atoms with van der Waals surface area (Å²) < 4.78 is 1.17. The van der Waals surface area contributed by atoms with Gasteiger partial charge in [-0.15, -0.1) is 0 Å². The van der Waals surface area contributed by atoms with E-state index < -0.39 is 0 Å². The van der Waals surface area contributed by atoms with Gasteiger partial charge in [0, 0.05) is 9.89 Å². The van der Waals surface area contributed by atoms with Gasteiger partial charge in [0.2, 0.25) is 0 Å². The zero-order chi connectivity index (χ0) is 10.2. The molecule has 0 saturated heterocycles. The minimum Gasteiger partial charge on any atom is -0.304 e. The first-order valence-corrected chi connectivity index (χ1v) is 5.56. The maximum atomic E-state index is 5.17. The molecule has 0 heterocycles. The Labute approximate surface area is 92.5 Å². The number of rotatable bonds is 3. The van der Waals surface area contributed by atoms with Gasteiger partial charge in [0.15, 0.2) is 0 Å². The van der Waals surface area contributed by atoms with E-state index in [0.29, 0.717) is 6.61 Å². The van der Waals surface area contributed by atoms with Crippen molar-refractivity contribution in [3.8, 4) is 0 Å². The van der Waals surface area contributed by atoms with E-state index in [1.54, 1.807) is 0 Å². The lowest BCUT2D eigenvalue weighted by atomic mass is 9.93. The van der Waals surface area contributed by atoms with Crippen molar-refractivity contribution in [2.45, 2.75) is 25.2 Å². The minimum absolute atomic E-state index is 0.197. The van der Waals surface area contributed by atoms with Crippen LogP contribution in [-0.4, -0.2) is 6.61 Å². The predicted molar refractivity (Wildman–Crippen MR) is 59.9 cm³/mol. The molecule has 2 N–H and O–H groups in total. The summed E-state index contributed by atoms with van der Waals surface area (Å²) in [5.41, 5.74) is 2.88.